The normalized spacial score (nSPS) is 10.7. The van der Waals surface area contributed by atoms with Crippen molar-refractivity contribution in [3.63, 3.8) is 0 Å². The van der Waals surface area contributed by atoms with E-state index >= 15 is 0 Å². The first-order valence-electron chi connectivity index (χ1n) is 8.47. The van der Waals surface area contributed by atoms with Crippen LogP contribution in [0, 0.1) is 0 Å². The Morgan fingerprint density at radius 3 is 2.54 bits per heavy atom. The van der Waals surface area contributed by atoms with Gasteiger partial charge in [-0.2, -0.15) is 0 Å². The van der Waals surface area contributed by atoms with Crippen molar-refractivity contribution in [2.45, 2.75) is 13.3 Å². The van der Waals surface area contributed by atoms with E-state index in [1.807, 2.05) is 29.8 Å². The van der Waals surface area contributed by atoms with Crippen LogP contribution in [0.5, 0.6) is 0 Å². The van der Waals surface area contributed by atoms with Gasteiger partial charge in [0.05, 0.1) is 39.3 Å². The highest BCUT2D eigenvalue weighted by Crippen LogP contribution is 2.30. The number of rotatable bonds is 7. The van der Waals surface area contributed by atoms with E-state index in [0.29, 0.717) is 28.0 Å². The van der Waals surface area contributed by atoms with E-state index in [0.717, 1.165) is 9.88 Å². The number of hydrogen-bond donors (Lipinski definition) is 1. The molecule has 2 heterocycles. The lowest BCUT2D eigenvalue weighted by atomic mass is 10.2. The van der Waals surface area contributed by atoms with Crippen LogP contribution in [-0.2, 0) is 16.0 Å². The number of nitrogens with one attached hydrogen (secondary N) is 1. The molecule has 0 aliphatic carbocycles. The van der Waals surface area contributed by atoms with Gasteiger partial charge in [0.1, 0.15) is 5.01 Å². The number of carbonyl (C=O) groups is 2. The van der Waals surface area contributed by atoms with Crippen molar-refractivity contribution in [1.29, 1.82) is 0 Å². The van der Waals surface area contributed by atoms with Gasteiger partial charge in [0, 0.05) is 11.9 Å². The van der Waals surface area contributed by atoms with Gasteiger partial charge in [0.2, 0.25) is 11.8 Å². The SMILES string of the molecule is CCN(CC(=O)Nc1c(Cl)cccc1Cl)C(=O)Cc1csc(-c2cccs2)n1. The van der Waals surface area contributed by atoms with Gasteiger partial charge in [-0.25, -0.2) is 4.98 Å². The number of nitrogens with zero attached hydrogens (tertiary/aromatic N) is 2. The molecule has 1 aromatic carbocycles. The summed E-state index contributed by atoms with van der Waals surface area (Å²) in [6, 6.07) is 8.94. The molecule has 2 amide bonds. The van der Waals surface area contributed by atoms with Crippen molar-refractivity contribution in [2.75, 3.05) is 18.4 Å². The highest BCUT2D eigenvalue weighted by Gasteiger charge is 2.19. The summed E-state index contributed by atoms with van der Waals surface area (Å²) in [5.74, 6) is -0.520. The van der Waals surface area contributed by atoms with Crippen LogP contribution in [0.2, 0.25) is 10.0 Å². The lowest BCUT2D eigenvalue weighted by molar-refractivity contribution is -0.133. The number of para-hydroxylation sites is 1. The van der Waals surface area contributed by atoms with E-state index in [9.17, 15) is 9.59 Å². The zero-order valence-corrected chi connectivity index (χ0v) is 18.1. The first kappa shape index (κ1) is 20.8. The Balaban J connectivity index is 1.61. The van der Waals surface area contributed by atoms with Crippen LogP contribution in [0.3, 0.4) is 0 Å². The van der Waals surface area contributed by atoms with Gasteiger partial charge in [-0.3, -0.25) is 9.59 Å². The Bertz CT molecular complexity index is 953. The minimum atomic E-state index is -0.359. The molecule has 0 saturated carbocycles. The zero-order valence-electron chi connectivity index (χ0n) is 14.9. The lowest BCUT2D eigenvalue weighted by Crippen LogP contribution is -2.38. The Morgan fingerprint density at radius 1 is 1.14 bits per heavy atom. The number of amides is 2. The fourth-order valence-electron chi connectivity index (χ4n) is 2.51. The summed E-state index contributed by atoms with van der Waals surface area (Å²) in [5.41, 5.74) is 1.05. The van der Waals surface area contributed by atoms with Crippen molar-refractivity contribution < 1.29 is 9.59 Å². The van der Waals surface area contributed by atoms with E-state index in [1.165, 1.54) is 16.2 Å². The highest BCUT2D eigenvalue weighted by molar-refractivity contribution is 7.20. The van der Waals surface area contributed by atoms with Crippen LogP contribution < -0.4 is 5.32 Å². The van der Waals surface area contributed by atoms with Gasteiger partial charge >= 0.3 is 0 Å². The molecule has 0 spiro atoms. The molecule has 5 nitrogen and oxygen atoms in total. The van der Waals surface area contributed by atoms with Crippen molar-refractivity contribution in [2.24, 2.45) is 0 Å². The topological polar surface area (TPSA) is 62.3 Å². The van der Waals surface area contributed by atoms with Crippen LogP contribution >= 0.6 is 45.9 Å². The molecular formula is C19H17Cl2N3O2S2. The fraction of sp³-hybridized carbons (Fsp3) is 0.211. The third kappa shape index (κ3) is 5.11. The molecule has 3 rings (SSSR count). The molecule has 0 saturated heterocycles. The van der Waals surface area contributed by atoms with Crippen molar-refractivity contribution in [3.05, 3.63) is 56.8 Å². The molecule has 0 atom stereocenters. The van der Waals surface area contributed by atoms with Crippen molar-refractivity contribution >= 4 is 63.4 Å². The molecule has 2 aromatic heterocycles. The number of halogens is 2. The summed E-state index contributed by atoms with van der Waals surface area (Å²) >= 11 is 15.3. The Kier molecular flexibility index (Phi) is 7.07. The molecule has 28 heavy (non-hydrogen) atoms. The van der Waals surface area contributed by atoms with Crippen LogP contribution in [0.15, 0.2) is 41.1 Å². The lowest BCUT2D eigenvalue weighted by Gasteiger charge is -2.20. The summed E-state index contributed by atoms with van der Waals surface area (Å²) in [6.45, 7) is 2.15. The maximum absolute atomic E-state index is 12.6. The molecule has 0 aliphatic rings. The largest absolute Gasteiger partial charge is 0.333 e. The minimum Gasteiger partial charge on any atom is -0.333 e. The summed E-state index contributed by atoms with van der Waals surface area (Å²) in [5, 5.41) is 8.13. The van der Waals surface area contributed by atoms with Gasteiger partial charge in [-0.1, -0.05) is 35.3 Å². The smallest absolute Gasteiger partial charge is 0.244 e. The number of thiophene rings is 1. The number of anilines is 1. The maximum Gasteiger partial charge on any atom is 0.244 e. The van der Waals surface area contributed by atoms with E-state index in [1.54, 1.807) is 29.5 Å². The molecular weight excluding hydrogens is 437 g/mol. The second kappa shape index (κ2) is 9.52. The van der Waals surface area contributed by atoms with Crippen molar-refractivity contribution in [1.82, 2.24) is 9.88 Å². The van der Waals surface area contributed by atoms with Gasteiger partial charge in [0.15, 0.2) is 0 Å². The van der Waals surface area contributed by atoms with E-state index < -0.39 is 0 Å². The summed E-state index contributed by atoms with van der Waals surface area (Å²) < 4.78 is 0. The summed E-state index contributed by atoms with van der Waals surface area (Å²) in [6.07, 6.45) is 0.149. The second-order valence-electron chi connectivity index (χ2n) is 5.85. The fourth-order valence-corrected chi connectivity index (χ4v) is 4.64. The third-order valence-electron chi connectivity index (χ3n) is 3.91. The second-order valence-corrected chi connectivity index (χ2v) is 8.47. The number of aromatic nitrogens is 1. The van der Waals surface area contributed by atoms with Crippen LogP contribution in [0.1, 0.15) is 12.6 Å². The standard InChI is InChI=1S/C19H17Cl2N3O2S2/c1-2-24(10-16(25)23-18-13(20)5-3-6-14(18)21)17(26)9-12-11-28-19(22-12)15-7-4-8-27-15/h3-8,11H,2,9-10H2,1H3,(H,23,25). The number of benzene rings is 1. The molecule has 0 unspecified atom stereocenters. The van der Waals surface area contributed by atoms with Crippen molar-refractivity contribution in [3.8, 4) is 9.88 Å². The third-order valence-corrected chi connectivity index (χ3v) is 6.47. The van der Waals surface area contributed by atoms with Gasteiger partial charge in [-0.05, 0) is 30.5 Å². The monoisotopic (exact) mass is 453 g/mol. The molecule has 1 N–H and O–H groups in total. The number of carbonyl (C=O) groups excluding carboxylic acids is 2. The average molecular weight is 454 g/mol. The predicted octanol–water partition coefficient (Wildman–Crippen LogP) is 5.21. The molecule has 0 radical (unpaired) electrons. The molecule has 0 fully saturated rings. The van der Waals surface area contributed by atoms with Crippen LogP contribution in [0.25, 0.3) is 9.88 Å². The van der Waals surface area contributed by atoms with Crippen LogP contribution in [0.4, 0.5) is 5.69 Å². The van der Waals surface area contributed by atoms with Gasteiger partial charge in [-0.15, -0.1) is 22.7 Å². The van der Waals surface area contributed by atoms with E-state index in [-0.39, 0.29) is 24.8 Å². The Morgan fingerprint density at radius 2 is 1.89 bits per heavy atom. The zero-order chi connectivity index (χ0) is 20.1. The quantitative estimate of drug-likeness (QED) is 0.533. The summed E-state index contributed by atoms with van der Waals surface area (Å²) in [7, 11) is 0. The Labute approximate surface area is 180 Å². The van der Waals surface area contributed by atoms with E-state index in [4.69, 9.17) is 23.2 Å². The number of hydrogen-bond acceptors (Lipinski definition) is 5. The van der Waals surface area contributed by atoms with Gasteiger partial charge in [0.25, 0.3) is 0 Å². The molecule has 9 heteroatoms. The highest BCUT2D eigenvalue weighted by atomic mass is 35.5. The number of thiazole rings is 1. The first-order valence-corrected chi connectivity index (χ1v) is 11.0. The number of likely N-dealkylation sites (N-methyl/N-ethyl adjacent to an activating group) is 1. The minimum absolute atomic E-state index is 0.0845. The van der Waals surface area contributed by atoms with E-state index in [2.05, 4.69) is 10.3 Å². The first-order chi connectivity index (χ1) is 13.5. The Hall–Kier alpha value is -1.93. The molecule has 0 aliphatic heterocycles. The van der Waals surface area contributed by atoms with Gasteiger partial charge < -0.3 is 10.2 Å². The molecule has 3 aromatic rings. The summed E-state index contributed by atoms with van der Waals surface area (Å²) in [4.78, 5) is 32.1. The van der Waals surface area contributed by atoms with Crippen LogP contribution in [-0.4, -0.2) is 34.8 Å². The average Bonchev–Trinajstić information content (AvgIpc) is 3.34. The predicted molar refractivity (Wildman–Crippen MR) is 116 cm³/mol. The maximum atomic E-state index is 12.6. The molecule has 0 bridgehead atoms. The molecule has 146 valence electrons.